The first-order valence-corrected chi connectivity index (χ1v) is 8.72. The van der Waals surface area contributed by atoms with Gasteiger partial charge in [-0.05, 0) is 61.2 Å². The Bertz CT molecular complexity index is 941. The summed E-state index contributed by atoms with van der Waals surface area (Å²) in [5.41, 5.74) is 3.68. The second kappa shape index (κ2) is 8.40. The molecule has 0 bridgehead atoms. The highest BCUT2D eigenvalue weighted by molar-refractivity contribution is 6.03. The molecule has 0 aliphatic rings. The van der Waals surface area contributed by atoms with Crippen LogP contribution in [0.25, 0.3) is 0 Å². The Hall–Kier alpha value is -3.28. The molecule has 0 atom stereocenters. The first-order valence-electron chi connectivity index (χ1n) is 8.72. The second-order valence-corrected chi connectivity index (χ2v) is 6.34. The fourth-order valence-electron chi connectivity index (χ4n) is 2.63. The van der Waals surface area contributed by atoms with Crippen LogP contribution in [0.4, 0.5) is 15.9 Å². The van der Waals surface area contributed by atoms with E-state index in [1.54, 1.807) is 24.3 Å². The van der Waals surface area contributed by atoms with Gasteiger partial charge in [-0.3, -0.25) is 4.79 Å². The Kier molecular flexibility index (Phi) is 5.76. The third-order valence-corrected chi connectivity index (χ3v) is 4.20. The van der Waals surface area contributed by atoms with Crippen LogP contribution in [-0.2, 0) is 6.42 Å². The lowest BCUT2D eigenvalue weighted by molar-refractivity contribution is 0.102. The topological polar surface area (TPSA) is 66.9 Å². The van der Waals surface area contributed by atoms with Crippen molar-refractivity contribution in [1.82, 2.24) is 10.2 Å². The number of nitrogens with one attached hydrogen (secondary N) is 2. The van der Waals surface area contributed by atoms with Crippen LogP contribution in [0.5, 0.6) is 0 Å². The molecule has 0 spiro atoms. The SMILES string of the molecule is Cc1ccc(C)c(NC(=O)c2ccc(NCCc3ccccc3F)nn2)c1. The van der Waals surface area contributed by atoms with Crippen molar-refractivity contribution in [2.45, 2.75) is 20.3 Å². The lowest BCUT2D eigenvalue weighted by atomic mass is 10.1. The number of carbonyl (C=O) groups excluding carboxylic acids is 1. The van der Waals surface area contributed by atoms with Crippen molar-refractivity contribution < 1.29 is 9.18 Å². The van der Waals surface area contributed by atoms with E-state index in [1.807, 2.05) is 38.1 Å². The Morgan fingerprint density at radius 1 is 1.04 bits per heavy atom. The summed E-state index contributed by atoms with van der Waals surface area (Å²) in [7, 11) is 0. The van der Waals surface area contributed by atoms with Gasteiger partial charge in [-0.25, -0.2) is 4.39 Å². The summed E-state index contributed by atoms with van der Waals surface area (Å²) in [6.07, 6.45) is 0.531. The zero-order valence-corrected chi connectivity index (χ0v) is 15.3. The molecule has 2 N–H and O–H groups in total. The van der Waals surface area contributed by atoms with E-state index >= 15 is 0 Å². The van der Waals surface area contributed by atoms with Crippen LogP contribution in [0, 0.1) is 19.7 Å². The molecule has 27 heavy (non-hydrogen) atoms. The van der Waals surface area contributed by atoms with Gasteiger partial charge >= 0.3 is 0 Å². The molecule has 1 aromatic heterocycles. The number of amides is 1. The number of aryl methyl sites for hydroxylation is 2. The summed E-state index contributed by atoms with van der Waals surface area (Å²) in [5, 5.41) is 13.9. The van der Waals surface area contributed by atoms with Gasteiger partial charge in [-0.2, -0.15) is 0 Å². The third kappa shape index (κ3) is 4.88. The van der Waals surface area contributed by atoms with Crippen LogP contribution in [0.1, 0.15) is 27.2 Å². The molecule has 1 heterocycles. The highest BCUT2D eigenvalue weighted by Gasteiger charge is 2.10. The average molecular weight is 364 g/mol. The number of rotatable bonds is 6. The van der Waals surface area contributed by atoms with E-state index < -0.39 is 0 Å². The molecule has 1 amide bonds. The highest BCUT2D eigenvalue weighted by Crippen LogP contribution is 2.17. The Labute approximate surface area is 157 Å². The quantitative estimate of drug-likeness (QED) is 0.690. The van der Waals surface area contributed by atoms with Crippen LogP contribution in [0.3, 0.4) is 0 Å². The molecule has 0 saturated heterocycles. The van der Waals surface area contributed by atoms with Crippen LogP contribution in [0.15, 0.2) is 54.6 Å². The molecular formula is C21H21FN4O. The number of hydrogen-bond acceptors (Lipinski definition) is 4. The molecular weight excluding hydrogens is 343 g/mol. The molecule has 0 fully saturated rings. The third-order valence-electron chi connectivity index (χ3n) is 4.20. The van der Waals surface area contributed by atoms with Crippen molar-refractivity contribution in [2.24, 2.45) is 0 Å². The summed E-state index contributed by atoms with van der Waals surface area (Å²) in [5.74, 6) is 0.00702. The fourth-order valence-corrected chi connectivity index (χ4v) is 2.63. The van der Waals surface area contributed by atoms with Crippen molar-refractivity contribution in [3.8, 4) is 0 Å². The number of anilines is 2. The van der Waals surface area contributed by atoms with E-state index in [-0.39, 0.29) is 17.4 Å². The van der Waals surface area contributed by atoms with Crippen molar-refractivity contribution in [2.75, 3.05) is 17.2 Å². The molecule has 0 aliphatic heterocycles. The molecule has 0 saturated carbocycles. The standard InChI is InChI=1S/C21H21FN4O/c1-14-7-8-15(2)19(13-14)24-21(27)18-9-10-20(26-25-18)23-12-11-16-5-3-4-6-17(16)22/h3-10,13H,11-12H2,1-2H3,(H,23,26)(H,24,27). The molecule has 138 valence electrons. The maximum absolute atomic E-state index is 13.6. The Balaban J connectivity index is 1.57. The largest absolute Gasteiger partial charge is 0.368 e. The van der Waals surface area contributed by atoms with E-state index in [4.69, 9.17) is 0 Å². The van der Waals surface area contributed by atoms with Crippen LogP contribution >= 0.6 is 0 Å². The predicted octanol–water partition coefficient (Wildman–Crippen LogP) is 4.14. The Morgan fingerprint density at radius 2 is 1.85 bits per heavy atom. The maximum Gasteiger partial charge on any atom is 0.276 e. The monoisotopic (exact) mass is 364 g/mol. The summed E-state index contributed by atoms with van der Waals surface area (Å²) in [6, 6.07) is 15.8. The maximum atomic E-state index is 13.6. The van der Waals surface area contributed by atoms with Gasteiger partial charge in [0.05, 0.1) is 0 Å². The van der Waals surface area contributed by atoms with E-state index in [2.05, 4.69) is 20.8 Å². The van der Waals surface area contributed by atoms with Gasteiger partial charge in [0.1, 0.15) is 11.6 Å². The van der Waals surface area contributed by atoms with Crippen molar-refractivity contribution in [3.63, 3.8) is 0 Å². The van der Waals surface area contributed by atoms with Gasteiger partial charge in [0, 0.05) is 12.2 Å². The first kappa shape index (κ1) is 18.5. The minimum atomic E-state index is -0.311. The first-order chi connectivity index (χ1) is 13.0. The molecule has 2 aromatic carbocycles. The van der Waals surface area contributed by atoms with E-state index in [0.29, 0.717) is 24.3 Å². The van der Waals surface area contributed by atoms with E-state index in [0.717, 1.165) is 16.8 Å². The molecule has 3 aromatic rings. The number of benzene rings is 2. The minimum Gasteiger partial charge on any atom is -0.368 e. The number of aromatic nitrogens is 2. The molecule has 3 rings (SSSR count). The van der Waals surface area contributed by atoms with Gasteiger partial charge in [0.2, 0.25) is 0 Å². The summed E-state index contributed by atoms with van der Waals surface area (Å²) in [4.78, 5) is 12.3. The van der Waals surface area contributed by atoms with Gasteiger partial charge in [-0.15, -0.1) is 10.2 Å². The van der Waals surface area contributed by atoms with E-state index in [9.17, 15) is 9.18 Å². The summed E-state index contributed by atoms with van der Waals surface area (Å²) >= 11 is 0. The molecule has 0 radical (unpaired) electrons. The lowest BCUT2D eigenvalue weighted by Crippen LogP contribution is -2.16. The number of hydrogen-bond donors (Lipinski definition) is 2. The molecule has 0 aliphatic carbocycles. The van der Waals surface area contributed by atoms with Gasteiger partial charge in [0.25, 0.3) is 5.91 Å². The zero-order valence-electron chi connectivity index (χ0n) is 15.3. The van der Waals surface area contributed by atoms with Crippen LogP contribution < -0.4 is 10.6 Å². The smallest absolute Gasteiger partial charge is 0.276 e. The zero-order chi connectivity index (χ0) is 19.2. The number of nitrogens with zero attached hydrogens (tertiary/aromatic N) is 2. The van der Waals surface area contributed by atoms with Gasteiger partial charge in [0.15, 0.2) is 5.69 Å². The summed E-state index contributed by atoms with van der Waals surface area (Å²) < 4.78 is 13.6. The van der Waals surface area contributed by atoms with E-state index in [1.165, 1.54) is 6.07 Å². The Morgan fingerprint density at radius 3 is 2.59 bits per heavy atom. The fraction of sp³-hybridized carbons (Fsp3) is 0.190. The normalized spacial score (nSPS) is 10.5. The number of halogens is 1. The van der Waals surface area contributed by atoms with Gasteiger partial charge < -0.3 is 10.6 Å². The molecule has 6 heteroatoms. The van der Waals surface area contributed by atoms with Crippen molar-refractivity contribution >= 4 is 17.4 Å². The summed E-state index contributed by atoms with van der Waals surface area (Å²) in [6.45, 7) is 4.42. The molecule has 0 unspecified atom stereocenters. The van der Waals surface area contributed by atoms with Crippen LogP contribution in [-0.4, -0.2) is 22.6 Å². The molecule has 5 nitrogen and oxygen atoms in total. The lowest BCUT2D eigenvalue weighted by Gasteiger charge is -2.09. The van der Waals surface area contributed by atoms with Gasteiger partial charge in [-0.1, -0.05) is 30.3 Å². The highest BCUT2D eigenvalue weighted by atomic mass is 19.1. The second-order valence-electron chi connectivity index (χ2n) is 6.34. The number of carbonyl (C=O) groups is 1. The van der Waals surface area contributed by atoms with Crippen LogP contribution in [0.2, 0.25) is 0 Å². The van der Waals surface area contributed by atoms with Crippen molar-refractivity contribution in [3.05, 3.63) is 82.8 Å². The van der Waals surface area contributed by atoms with Crippen molar-refractivity contribution in [1.29, 1.82) is 0 Å². The minimum absolute atomic E-state index is 0.219. The average Bonchev–Trinajstić information content (AvgIpc) is 2.67. The predicted molar refractivity (Wildman–Crippen MR) is 104 cm³/mol.